The van der Waals surface area contributed by atoms with E-state index >= 15 is 0 Å². The molecular formula is C25H25FN2O2S. The number of amides is 1. The first-order valence-electron chi connectivity index (χ1n) is 10.6. The van der Waals surface area contributed by atoms with Crippen LogP contribution in [0.1, 0.15) is 40.5 Å². The number of benzene rings is 2. The normalized spacial score (nSPS) is 20.1. The molecule has 0 radical (unpaired) electrons. The van der Waals surface area contributed by atoms with Gasteiger partial charge in [-0.1, -0.05) is 30.3 Å². The minimum Gasteiger partial charge on any atom is -0.487 e. The number of halogens is 1. The predicted octanol–water partition coefficient (Wildman–Crippen LogP) is 5.27. The molecule has 1 atom stereocenters. The summed E-state index contributed by atoms with van der Waals surface area (Å²) in [5.41, 5.74) is 1.72. The highest BCUT2D eigenvalue weighted by Crippen LogP contribution is 2.44. The maximum atomic E-state index is 13.2. The zero-order chi connectivity index (χ0) is 21.4. The number of rotatable bonds is 3. The number of hydrogen-bond donors (Lipinski definition) is 1. The van der Waals surface area contributed by atoms with Crippen LogP contribution in [0.3, 0.4) is 0 Å². The highest BCUT2D eigenvalue weighted by Gasteiger charge is 2.43. The first-order valence-corrected chi connectivity index (χ1v) is 11.5. The van der Waals surface area contributed by atoms with Gasteiger partial charge in [-0.3, -0.25) is 4.79 Å². The molecular weight excluding hydrogens is 411 g/mol. The Morgan fingerprint density at radius 3 is 2.61 bits per heavy atom. The van der Waals surface area contributed by atoms with Crippen molar-refractivity contribution in [2.24, 2.45) is 0 Å². The molecule has 2 aliphatic rings. The summed E-state index contributed by atoms with van der Waals surface area (Å²) in [5.74, 6) is 0.532. The van der Waals surface area contributed by atoms with Gasteiger partial charge >= 0.3 is 0 Å². The predicted molar refractivity (Wildman–Crippen MR) is 121 cm³/mol. The van der Waals surface area contributed by atoms with Crippen molar-refractivity contribution in [1.29, 1.82) is 0 Å². The zero-order valence-corrected chi connectivity index (χ0v) is 18.3. The maximum Gasteiger partial charge on any atom is 0.261 e. The van der Waals surface area contributed by atoms with Gasteiger partial charge in [0.2, 0.25) is 0 Å². The lowest BCUT2D eigenvalue weighted by Crippen LogP contribution is -2.51. The van der Waals surface area contributed by atoms with Crippen LogP contribution >= 0.6 is 11.3 Å². The van der Waals surface area contributed by atoms with Crippen LogP contribution < -0.4 is 10.1 Å². The van der Waals surface area contributed by atoms with E-state index in [2.05, 4.69) is 17.3 Å². The third-order valence-corrected chi connectivity index (χ3v) is 7.49. The fraction of sp³-hybridized carbons (Fsp3) is 0.320. The lowest BCUT2D eigenvalue weighted by molar-refractivity contribution is -0.0195. The quantitative estimate of drug-likeness (QED) is 0.608. The number of piperidine rings is 1. The molecule has 31 heavy (non-hydrogen) atoms. The number of para-hydroxylation sites is 1. The number of nitrogens with one attached hydrogen (secondary N) is 1. The van der Waals surface area contributed by atoms with Crippen molar-refractivity contribution < 1.29 is 13.9 Å². The zero-order valence-electron chi connectivity index (χ0n) is 17.4. The minimum atomic E-state index is -0.265. The van der Waals surface area contributed by atoms with Crippen LogP contribution in [0.5, 0.6) is 5.75 Å². The summed E-state index contributed by atoms with van der Waals surface area (Å²) in [5, 5.41) is 3.27. The summed E-state index contributed by atoms with van der Waals surface area (Å²) in [7, 11) is 2.14. The average Bonchev–Trinajstić information content (AvgIpc) is 3.27. The van der Waals surface area contributed by atoms with Crippen molar-refractivity contribution >= 4 is 17.2 Å². The van der Waals surface area contributed by atoms with Crippen LogP contribution in [0.4, 0.5) is 4.39 Å². The summed E-state index contributed by atoms with van der Waals surface area (Å²) in [6, 6.07) is 18.1. The van der Waals surface area contributed by atoms with E-state index in [0.29, 0.717) is 4.88 Å². The molecule has 5 rings (SSSR count). The fourth-order valence-electron chi connectivity index (χ4n) is 4.54. The molecule has 0 unspecified atom stereocenters. The van der Waals surface area contributed by atoms with Crippen molar-refractivity contribution in [2.75, 3.05) is 20.1 Å². The van der Waals surface area contributed by atoms with Crippen molar-refractivity contribution in [1.82, 2.24) is 10.2 Å². The first-order chi connectivity index (χ1) is 15.0. The van der Waals surface area contributed by atoms with Gasteiger partial charge in [0, 0.05) is 30.0 Å². The number of thiophene rings is 1. The highest BCUT2D eigenvalue weighted by molar-refractivity contribution is 7.17. The first kappa shape index (κ1) is 20.2. The SMILES string of the molecule is CN1CCC2(CC1)C[C@H](NC(=O)c1ccc(-c3ccc(F)cc3)s1)c1ccccc1O2. The Bertz CT molecular complexity index is 1090. The smallest absolute Gasteiger partial charge is 0.261 e. The molecule has 6 heteroatoms. The lowest BCUT2D eigenvalue weighted by Gasteiger charge is -2.46. The Kier molecular flexibility index (Phi) is 5.28. The third-order valence-electron chi connectivity index (χ3n) is 6.36. The second kappa shape index (κ2) is 8.09. The highest BCUT2D eigenvalue weighted by atomic mass is 32.1. The fourth-order valence-corrected chi connectivity index (χ4v) is 5.45. The number of likely N-dealkylation sites (tertiary alicyclic amines) is 1. The Morgan fingerprint density at radius 2 is 1.84 bits per heavy atom. The van der Waals surface area contributed by atoms with E-state index in [9.17, 15) is 9.18 Å². The van der Waals surface area contributed by atoms with E-state index in [4.69, 9.17) is 4.74 Å². The minimum absolute atomic E-state index is 0.0804. The molecule has 1 amide bonds. The van der Waals surface area contributed by atoms with Crippen LogP contribution in [-0.2, 0) is 0 Å². The molecule has 4 nitrogen and oxygen atoms in total. The number of nitrogens with zero attached hydrogens (tertiary/aromatic N) is 1. The van der Waals surface area contributed by atoms with Crippen molar-refractivity contribution in [3.8, 4) is 16.2 Å². The molecule has 3 aromatic rings. The molecule has 160 valence electrons. The number of carbonyl (C=O) groups excluding carboxylic acids is 1. The Morgan fingerprint density at radius 1 is 1.10 bits per heavy atom. The van der Waals surface area contributed by atoms with Crippen LogP contribution in [0, 0.1) is 5.82 Å². The van der Waals surface area contributed by atoms with Crippen LogP contribution in [0.25, 0.3) is 10.4 Å². The molecule has 0 saturated carbocycles. The van der Waals surface area contributed by atoms with Crippen molar-refractivity contribution in [2.45, 2.75) is 30.9 Å². The number of hydrogen-bond acceptors (Lipinski definition) is 4. The molecule has 2 aliphatic heterocycles. The van der Waals surface area contributed by atoms with E-state index in [-0.39, 0.29) is 23.4 Å². The number of fused-ring (bicyclic) bond motifs is 1. The summed E-state index contributed by atoms with van der Waals surface area (Å²) in [6.07, 6.45) is 2.69. The molecule has 0 aliphatic carbocycles. The Balaban J connectivity index is 1.37. The van der Waals surface area contributed by atoms with Gasteiger partial charge in [-0.15, -0.1) is 11.3 Å². The molecule has 1 fully saturated rings. The van der Waals surface area contributed by atoms with Gasteiger partial charge in [-0.2, -0.15) is 0 Å². The molecule has 1 aromatic heterocycles. The van der Waals surface area contributed by atoms with Crippen LogP contribution in [-0.4, -0.2) is 36.5 Å². The molecule has 1 saturated heterocycles. The van der Waals surface area contributed by atoms with Gasteiger partial charge in [0.15, 0.2) is 0 Å². The third kappa shape index (κ3) is 4.10. The Labute approximate surface area is 185 Å². The van der Waals surface area contributed by atoms with Crippen molar-refractivity contribution in [3.05, 3.63) is 76.9 Å². The van der Waals surface area contributed by atoms with Gasteiger partial charge in [-0.25, -0.2) is 4.39 Å². The summed E-state index contributed by atoms with van der Waals surface area (Å²) in [6.45, 7) is 1.99. The van der Waals surface area contributed by atoms with Gasteiger partial charge in [0.25, 0.3) is 5.91 Å². The molecule has 2 aromatic carbocycles. The monoisotopic (exact) mass is 436 g/mol. The standard InChI is InChI=1S/C25H25FN2O2S/c1-28-14-12-25(13-15-28)16-20(19-4-2-3-5-21(19)30-25)27-24(29)23-11-10-22(31-23)17-6-8-18(26)9-7-17/h2-11,20H,12-16H2,1H3,(H,27,29)/t20-/m0/s1. The maximum absolute atomic E-state index is 13.2. The summed E-state index contributed by atoms with van der Waals surface area (Å²) in [4.78, 5) is 17.1. The second-order valence-electron chi connectivity index (χ2n) is 8.53. The summed E-state index contributed by atoms with van der Waals surface area (Å²) >= 11 is 1.42. The Hall–Kier alpha value is -2.70. The van der Waals surface area contributed by atoms with Gasteiger partial charge in [0.1, 0.15) is 17.2 Å². The summed E-state index contributed by atoms with van der Waals surface area (Å²) < 4.78 is 19.7. The molecule has 1 N–H and O–H groups in total. The van der Waals surface area contributed by atoms with E-state index in [0.717, 1.165) is 54.1 Å². The van der Waals surface area contributed by atoms with Crippen molar-refractivity contribution in [3.63, 3.8) is 0 Å². The van der Waals surface area contributed by atoms with E-state index < -0.39 is 0 Å². The number of carbonyl (C=O) groups is 1. The second-order valence-corrected chi connectivity index (χ2v) is 9.61. The van der Waals surface area contributed by atoms with Crippen LogP contribution in [0.15, 0.2) is 60.7 Å². The van der Waals surface area contributed by atoms with E-state index in [1.165, 1.54) is 23.5 Å². The molecule has 1 spiro atoms. The van der Waals surface area contributed by atoms with Gasteiger partial charge in [0.05, 0.1) is 10.9 Å². The van der Waals surface area contributed by atoms with Crippen LogP contribution in [0.2, 0.25) is 0 Å². The van der Waals surface area contributed by atoms with Gasteiger partial charge < -0.3 is 15.0 Å². The number of ether oxygens (including phenoxy) is 1. The molecule has 3 heterocycles. The van der Waals surface area contributed by atoms with E-state index in [1.807, 2.05) is 36.4 Å². The van der Waals surface area contributed by atoms with E-state index in [1.54, 1.807) is 12.1 Å². The lowest BCUT2D eigenvalue weighted by atomic mass is 9.80. The topological polar surface area (TPSA) is 41.6 Å². The largest absolute Gasteiger partial charge is 0.487 e. The van der Waals surface area contributed by atoms with Gasteiger partial charge in [-0.05, 0) is 55.8 Å². The molecule has 0 bridgehead atoms. The average molecular weight is 437 g/mol.